The van der Waals surface area contributed by atoms with Crippen LogP contribution < -0.4 is 0 Å². The van der Waals surface area contributed by atoms with Crippen LogP contribution in [0, 0.1) is 0 Å². The van der Waals surface area contributed by atoms with Gasteiger partial charge in [0.25, 0.3) is 0 Å². The van der Waals surface area contributed by atoms with Gasteiger partial charge >= 0.3 is 7.05 Å². The maximum Gasteiger partial charge on any atom is 0.383 e. The van der Waals surface area contributed by atoms with Crippen LogP contribution in [0.2, 0.25) is 6.32 Å². The molecule has 124 valence electrons. The highest BCUT2D eigenvalue weighted by Gasteiger charge is 2.57. The van der Waals surface area contributed by atoms with Crippen LogP contribution in [0.25, 0.3) is 0 Å². The molecule has 2 heterocycles. The van der Waals surface area contributed by atoms with Crippen molar-refractivity contribution < 1.29 is 4.65 Å². The summed E-state index contributed by atoms with van der Waals surface area (Å²) in [4.78, 5) is 2.63. The monoisotopic (exact) mass is 319 g/mol. The zero-order chi connectivity index (χ0) is 16.4. The van der Waals surface area contributed by atoms with Crippen molar-refractivity contribution in [2.24, 2.45) is 0 Å². The van der Waals surface area contributed by atoms with E-state index in [1.165, 1.54) is 43.4 Å². The normalized spacial score (nSPS) is 22.7. The minimum atomic E-state index is -0.322. The van der Waals surface area contributed by atoms with Crippen molar-refractivity contribution in [3.05, 3.63) is 71.8 Å². The van der Waals surface area contributed by atoms with Gasteiger partial charge in [-0.05, 0) is 36.8 Å². The summed E-state index contributed by atoms with van der Waals surface area (Å²) in [6, 6.07) is 22.2. The molecule has 2 aromatic rings. The first-order chi connectivity index (χ1) is 11.9. The van der Waals surface area contributed by atoms with Gasteiger partial charge in [0.1, 0.15) is 5.60 Å². The third-order valence-corrected chi connectivity index (χ3v) is 5.67. The van der Waals surface area contributed by atoms with E-state index in [4.69, 9.17) is 4.65 Å². The number of nitrogens with zero attached hydrogens (tertiary/aromatic N) is 1. The van der Waals surface area contributed by atoms with Gasteiger partial charge in [-0.15, -0.1) is 0 Å². The molecule has 0 radical (unpaired) electrons. The van der Waals surface area contributed by atoms with Gasteiger partial charge in [0.05, 0.1) is 0 Å². The molecule has 0 aromatic heterocycles. The van der Waals surface area contributed by atoms with Gasteiger partial charge in [0, 0.05) is 6.04 Å². The molecule has 2 aromatic carbocycles. The van der Waals surface area contributed by atoms with Gasteiger partial charge in [-0.1, -0.05) is 80.4 Å². The van der Waals surface area contributed by atoms with E-state index < -0.39 is 0 Å². The summed E-state index contributed by atoms with van der Waals surface area (Å²) in [7, 11) is 0.248. The minimum absolute atomic E-state index is 0.248. The van der Waals surface area contributed by atoms with E-state index in [1.54, 1.807) is 0 Å². The summed E-state index contributed by atoms with van der Waals surface area (Å²) in [5.41, 5.74) is 2.27. The van der Waals surface area contributed by atoms with Crippen LogP contribution in [0.4, 0.5) is 0 Å². The van der Waals surface area contributed by atoms with Crippen molar-refractivity contribution >= 4 is 7.05 Å². The fourth-order valence-corrected chi connectivity index (χ4v) is 4.59. The molecule has 2 saturated heterocycles. The van der Waals surface area contributed by atoms with Crippen molar-refractivity contribution in [1.29, 1.82) is 0 Å². The van der Waals surface area contributed by atoms with Crippen LogP contribution in [0.1, 0.15) is 43.7 Å². The summed E-state index contributed by atoms with van der Waals surface area (Å²) in [6.07, 6.45) is 6.08. The van der Waals surface area contributed by atoms with Gasteiger partial charge in [-0.25, -0.2) is 0 Å². The lowest BCUT2D eigenvalue weighted by Crippen LogP contribution is -2.41. The summed E-state index contributed by atoms with van der Waals surface area (Å²) >= 11 is 0. The molecule has 2 fully saturated rings. The lowest BCUT2D eigenvalue weighted by atomic mass is 9.75. The first kappa shape index (κ1) is 15.9. The predicted octanol–water partition coefficient (Wildman–Crippen LogP) is 4.71. The van der Waals surface area contributed by atoms with Crippen LogP contribution in [0.15, 0.2) is 60.7 Å². The molecule has 0 N–H and O–H groups in total. The molecule has 1 atom stereocenters. The number of benzene rings is 2. The Hall–Kier alpha value is -1.58. The molecule has 2 aliphatic rings. The quantitative estimate of drug-likeness (QED) is 0.740. The van der Waals surface area contributed by atoms with Gasteiger partial charge in [0.15, 0.2) is 0 Å². The van der Waals surface area contributed by atoms with Gasteiger partial charge in [-0.2, -0.15) is 0 Å². The zero-order valence-electron chi connectivity index (χ0n) is 14.5. The van der Waals surface area contributed by atoms with Crippen LogP contribution in [0.5, 0.6) is 0 Å². The van der Waals surface area contributed by atoms with Crippen molar-refractivity contribution in [1.82, 2.24) is 4.81 Å². The Labute approximate surface area is 146 Å². The fourth-order valence-electron chi connectivity index (χ4n) is 4.59. The molecule has 0 saturated carbocycles. The molecule has 0 spiro atoms. The number of fused-ring (bicyclic) bond motifs is 1. The SMILES string of the molecule is CCCCB1OC(c2ccccc2)(c2ccccc2)[C@@H]2CCCN12. The number of hydrogen-bond acceptors (Lipinski definition) is 2. The molecule has 0 aliphatic carbocycles. The maximum atomic E-state index is 6.92. The second-order valence-corrected chi connectivity index (χ2v) is 7.08. The van der Waals surface area contributed by atoms with Gasteiger partial charge < -0.3 is 9.47 Å². The van der Waals surface area contributed by atoms with E-state index in [2.05, 4.69) is 72.4 Å². The van der Waals surface area contributed by atoms with Gasteiger partial charge in [0.2, 0.25) is 0 Å². The maximum absolute atomic E-state index is 6.92. The van der Waals surface area contributed by atoms with E-state index in [1.807, 2.05) is 0 Å². The Morgan fingerprint density at radius 2 is 1.67 bits per heavy atom. The molecule has 24 heavy (non-hydrogen) atoms. The molecule has 2 aliphatic heterocycles. The Bertz CT molecular complexity index is 621. The molecule has 3 heteroatoms. The predicted molar refractivity (Wildman–Crippen MR) is 99.9 cm³/mol. The summed E-state index contributed by atoms with van der Waals surface area (Å²) in [6.45, 7) is 3.43. The van der Waals surface area contributed by atoms with E-state index in [9.17, 15) is 0 Å². The van der Waals surface area contributed by atoms with Crippen molar-refractivity contribution in [3.63, 3.8) is 0 Å². The standard InChI is InChI=1S/C21H26BNO/c1-2-3-16-22-23-17-10-15-20(23)21(24-22,18-11-6-4-7-12-18)19-13-8-5-9-14-19/h4-9,11-14,20H,2-3,10,15-17H2,1H3/t20-/m0/s1. The Morgan fingerprint density at radius 3 is 2.25 bits per heavy atom. The van der Waals surface area contributed by atoms with Crippen molar-refractivity contribution in [2.45, 2.75) is 50.6 Å². The van der Waals surface area contributed by atoms with Crippen molar-refractivity contribution in [3.8, 4) is 0 Å². The summed E-state index contributed by atoms with van der Waals surface area (Å²) < 4.78 is 6.92. The van der Waals surface area contributed by atoms with Crippen molar-refractivity contribution in [2.75, 3.05) is 6.54 Å². The lowest BCUT2D eigenvalue weighted by Gasteiger charge is -2.36. The topological polar surface area (TPSA) is 12.5 Å². The minimum Gasteiger partial charge on any atom is -0.406 e. The third kappa shape index (κ3) is 2.51. The second-order valence-electron chi connectivity index (χ2n) is 7.08. The lowest BCUT2D eigenvalue weighted by molar-refractivity contribution is 0.105. The fraction of sp³-hybridized carbons (Fsp3) is 0.429. The summed E-state index contributed by atoms with van der Waals surface area (Å²) in [5.74, 6) is 0. The van der Waals surface area contributed by atoms with E-state index >= 15 is 0 Å². The molecule has 0 bridgehead atoms. The Balaban J connectivity index is 1.82. The zero-order valence-corrected chi connectivity index (χ0v) is 14.5. The van der Waals surface area contributed by atoms with Gasteiger partial charge in [-0.3, -0.25) is 0 Å². The van der Waals surface area contributed by atoms with E-state index in [0.29, 0.717) is 6.04 Å². The molecule has 4 rings (SSSR count). The second kappa shape index (κ2) is 6.74. The molecule has 0 amide bonds. The summed E-state index contributed by atoms with van der Waals surface area (Å²) in [5, 5.41) is 0. The van der Waals surface area contributed by atoms with E-state index in [-0.39, 0.29) is 12.7 Å². The smallest absolute Gasteiger partial charge is 0.383 e. The number of rotatable bonds is 5. The average Bonchev–Trinajstić information content (AvgIpc) is 3.24. The molecule has 0 unspecified atom stereocenters. The van der Waals surface area contributed by atoms with Crippen LogP contribution in [0.3, 0.4) is 0 Å². The van der Waals surface area contributed by atoms with Crippen LogP contribution >= 0.6 is 0 Å². The van der Waals surface area contributed by atoms with Crippen LogP contribution in [-0.2, 0) is 10.3 Å². The first-order valence-electron chi connectivity index (χ1n) is 9.41. The highest BCUT2D eigenvalue weighted by Crippen LogP contribution is 2.49. The first-order valence-corrected chi connectivity index (χ1v) is 9.41. The number of unbranched alkanes of at least 4 members (excludes halogenated alkanes) is 1. The molecule has 2 nitrogen and oxygen atoms in total. The Kier molecular flexibility index (Phi) is 4.47. The van der Waals surface area contributed by atoms with E-state index in [0.717, 1.165) is 6.32 Å². The van der Waals surface area contributed by atoms with Crippen LogP contribution in [-0.4, -0.2) is 24.4 Å². The third-order valence-electron chi connectivity index (χ3n) is 5.67. The largest absolute Gasteiger partial charge is 0.406 e. The Morgan fingerprint density at radius 1 is 1.04 bits per heavy atom. The molecular weight excluding hydrogens is 293 g/mol. The highest BCUT2D eigenvalue weighted by atomic mass is 16.5. The molecular formula is C21H26BNO. The highest BCUT2D eigenvalue weighted by molar-refractivity contribution is 6.49. The average molecular weight is 319 g/mol. The number of hydrogen-bond donors (Lipinski definition) is 0.